The third-order valence-electron chi connectivity index (χ3n) is 12.3. The largest absolute Gasteiger partial charge is 0.475 e. The molecule has 1 unspecified atom stereocenters. The number of carbonyl (C=O) groups excluding carboxylic acids is 4. The summed E-state index contributed by atoms with van der Waals surface area (Å²) in [6, 6.07) is 6.35. The van der Waals surface area contributed by atoms with Crippen LogP contribution in [0.15, 0.2) is 42.5 Å². The van der Waals surface area contributed by atoms with E-state index >= 15 is 0 Å². The molecular weight excluding hydrogens is 808 g/mol. The number of pyridine rings is 1. The van der Waals surface area contributed by atoms with Gasteiger partial charge in [-0.3, -0.25) is 19.1 Å². The highest BCUT2D eigenvalue weighted by atomic mass is 32.2. The quantitative estimate of drug-likeness (QED) is 0.236. The number of alkyl halides is 3. The number of halogens is 3. The van der Waals surface area contributed by atoms with Gasteiger partial charge in [0, 0.05) is 30.7 Å². The van der Waals surface area contributed by atoms with E-state index in [9.17, 15) is 40.8 Å². The maximum Gasteiger partial charge on any atom is 0.408 e. The molecule has 3 heterocycles. The number of fused-ring (bicyclic) bond motifs is 3. The number of nitrogens with one attached hydrogen (secondary N) is 3. The molecule has 2 aromatic rings. The number of hydrogen-bond donors (Lipinski definition) is 3. The normalized spacial score (nSPS) is 28.9. The van der Waals surface area contributed by atoms with Crippen molar-refractivity contribution in [2.75, 3.05) is 13.2 Å². The van der Waals surface area contributed by atoms with Crippen molar-refractivity contribution in [2.24, 2.45) is 17.8 Å². The van der Waals surface area contributed by atoms with E-state index in [4.69, 9.17) is 14.2 Å². The molecule has 3 fully saturated rings. The molecule has 7 atom stereocenters. The molecule has 4 aliphatic rings. The summed E-state index contributed by atoms with van der Waals surface area (Å²) in [7, 11) is -4.45. The Morgan fingerprint density at radius 3 is 2.45 bits per heavy atom. The number of nitrogens with zero attached hydrogens (tertiary/aromatic N) is 2. The van der Waals surface area contributed by atoms with Gasteiger partial charge < -0.3 is 29.7 Å². The van der Waals surface area contributed by atoms with Crippen LogP contribution in [0.2, 0.25) is 0 Å². The minimum Gasteiger partial charge on any atom is -0.475 e. The Morgan fingerprint density at radius 1 is 1.10 bits per heavy atom. The highest BCUT2D eigenvalue weighted by Crippen LogP contribution is 2.48. The molecule has 2 aliphatic carbocycles. The van der Waals surface area contributed by atoms with E-state index in [0.717, 1.165) is 19.2 Å². The van der Waals surface area contributed by atoms with Gasteiger partial charge in [0.2, 0.25) is 33.6 Å². The predicted molar refractivity (Wildman–Crippen MR) is 215 cm³/mol. The number of hydrogen-bond acceptors (Lipinski definition) is 10. The standard InChI is InChI=1S/C42H56F3N5O9S/c1-24(2)57-32-19-27-13-9-11-15-30(27)35(46-32)58-29-20-31-34(51)48-42(37(53)49-60(55,56)41(23-43)16-17-41)21-28(42)14-10-8-12-25(3)18-26(4)33(36(52)50(31)22-29)47-38(54)59-39(5,6)40(7,44)45/h9-11,13-15,19,24-26,28-29,31,33H,8,12,16-18,20-23H2,1-7H3,(H,47,54)(H,48,51)(H,49,53)/b14-10-/t25-,26-,28?,29-,31+,33+,42-/m1/s1. The number of ether oxygens (including phenoxy) is 3. The van der Waals surface area contributed by atoms with Crippen LogP contribution in [0.1, 0.15) is 93.4 Å². The van der Waals surface area contributed by atoms with Gasteiger partial charge in [-0.1, -0.05) is 44.2 Å². The molecule has 1 saturated heterocycles. The van der Waals surface area contributed by atoms with E-state index in [2.05, 4.69) is 15.6 Å². The molecule has 60 heavy (non-hydrogen) atoms. The molecule has 14 nitrogen and oxygen atoms in total. The van der Waals surface area contributed by atoms with Crippen LogP contribution < -0.4 is 24.8 Å². The van der Waals surface area contributed by atoms with Crippen molar-refractivity contribution in [3.05, 3.63) is 42.5 Å². The van der Waals surface area contributed by atoms with Gasteiger partial charge in [-0.2, -0.15) is 4.98 Å². The van der Waals surface area contributed by atoms with Crippen LogP contribution in [0.5, 0.6) is 11.8 Å². The number of carbonyl (C=O) groups is 4. The molecule has 1 aromatic carbocycles. The lowest BCUT2D eigenvalue weighted by atomic mass is 9.88. The number of aromatic nitrogens is 1. The van der Waals surface area contributed by atoms with Crippen LogP contribution in [0, 0.1) is 17.8 Å². The second kappa shape index (κ2) is 16.7. The minimum atomic E-state index is -4.45. The van der Waals surface area contributed by atoms with Crippen LogP contribution in [-0.2, 0) is 29.1 Å². The monoisotopic (exact) mass is 863 g/mol. The van der Waals surface area contributed by atoms with Gasteiger partial charge in [-0.15, -0.1) is 0 Å². The van der Waals surface area contributed by atoms with E-state index in [-0.39, 0.29) is 56.0 Å². The summed E-state index contributed by atoms with van der Waals surface area (Å²) < 4.78 is 87.1. The van der Waals surface area contributed by atoms with Gasteiger partial charge in [0.25, 0.3) is 11.8 Å². The summed E-state index contributed by atoms with van der Waals surface area (Å²) in [5.41, 5.74) is -3.98. The summed E-state index contributed by atoms with van der Waals surface area (Å²) in [5, 5.41) is 6.68. The van der Waals surface area contributed by atoms with Crippen molar-refractivity contribution < 1.29 is 55.0 Å². The van der Waals surface area contributed by atoms with Gasteiger partial charge in [0.05, 0.1) is 12.6 Å². The van der Waals surface area contributed by atoms with Crippen molar-refractivity contribution in [3.63, 3.8) is 0 Å². The van der Waals surface area contributed by atoms with Gasteiger partial charge >= 0.3 is 6.09 Å². The van der Waals surface area contributed by atoms with Crippen molar-refractivity contribution in [1.29, 1.82) is 0 Å². The summed E-state index contributed by atoms with van der Waals surface area (Å²) in [5.74, 6) is -6.75. The van der Waals surface area contributed by atoms with Crippen molar-refractivity contribution in [2.45, 2.75) is 140 Å². The SMILES string of the molecule is CC(C)Oc1cc2ccccc2c(O[C@@H]2C[C@H]3C(=O)N[C@]4(C(=O)NS(=O)(=O)C5(CF)CC5)CC4/C=C\CC[C@@H](C)C[C@@H](C)[C@H](NC(=O)OC(C)(C)C(C)(F)F)C(=O)N3C2)n1. The molecule has 3 N–H and O–H groups in total. The molecule has 0 radical (unpaired) electrons. The first-order valence-corrected chi connectivity index (χ1v) is 22.0. The highest BCUT2D eigenvalue weighted by Gasteiger charge is 2.64. The maximum atomic E-state index is 14.9. The number of sulfonamides is 1. The predicted octanol–water partition coefficient (Wildman–Crippen LogP) is 5.73. The lowest BCUT2D eigenvalue weighted by molar-refractivity contribution is -0.152. The number of benzene rings is 1. The summed E-state index contributed by atoms with van der Waals surface area (Å²) in [6.07, 6.45) is 2.81. The number of amides is 4. The second-order valence-electron chi connectivity index (χ2n) is 17.9. The van der Waals surface area contributed by atoms with Crippen LogP contribution in [0.3, 0.4) is 0 Å². The zero-order chi connectivity index (χ0) is 44.0. The van der Waals surface area contributed by atoms with Crippen LogP contribution in [0.4, 0.5) is 18.0 Å². The molecule has 18 heteroatoms. The van der Waals surface area contributed by atoms with Crippen molar-refractivity contribution in [1.82, 2.24) is 25.2 Å². The van der Waals surface area contributed by atoms with Crippen LogP contribution >= 0.6 is 0 Å². The fraction of sp³-hybridized carbons (Fsp3) is 0.643. The molecule has 4 amide bonds. The molecule has 2 aliphatic heterocycles. The summed E-state index contributed by atoms with van der Waals surface area (Å²) >= 11 is 0. The molecule has 6 rings (SSSR count). The van der Waals surface area contributed by atoms with Gasteiger partial charge in [0.1, 0.15) is 35.1 Å². The average Bonchev–Trinajstić information content (AvgIpc) is 4.05. The molecule has 2 saturated carbocycles. The Kier molecular flexibility index (Phi) is 12.5. The van der Waals surface area contributed by atoms with Crippen LogP contribution in [0.25, 0.3) is 10.8 Å². The number of alkyl carbamates (subject to hydrolysis) is 1. The smallest absolute Gasteiger partial charge is 0.408 e. The van der Waals surface area contributed by atoms with E-state index < -0.39 is 92.3 Å². The van der Waals surface area contributed by atoms with Crippen molar-refractivity contribution in [3.8, 4) is 11.8 Å². The molecule has 0 bridgehead atoms. The van der Waals surface area contributed by atoms with E-state index in [1.165, 1.54) is 4.90 Å². The minimum absolute atomic E-state index is 0.0166. The Morgan fingerprint density at radius 2 is 1.80 bits per heavy atom. The first-order chi connectivity index (χ1) is 28.0. The number of rotatable bonds is 11. The molecule has 330 valence electrons. The first kappa shape index (κ1) is 44.9. The molecule has 0 spiro atoms. The van der Waals surface area contributed by atoms with Gasteiger partial charge in [0.15, 0.2) is 5.60 Å². The second-order valence-corrected chi connectivity index (χ2v) is 20.0. The first-order valence-electron chi connectivity index (χ1n) is 20.5. The summed E-state index contributed by atoms with van der Waals surface area (Å²) in [6.45, 7) is 8.72. The topological polar surface area (TPSA) is 182 Å². The fourth-order valence-corrected chi connectivity index (χ4v) is 9.35. The van der Waals surface area contributed by atoms with E-state index in [0.29, 0.717) is 31.6 Å². The van der Waals surface area contributed by atoms with Crippen LogP contribution in [-0.4, -0.2) is 101 Å². The Labute approximate surface area is 348 Å². The highest BCUT2D eigenvalue weighted by molar-refractivity contribution is 7.91. The zero-order valence-electron chi connectivity index (χ0n) is 35.1. The maximum absolute atomic E-state index is 14.9. The van der Waals surface area contributed by atoms with Gasteiger partial charge in [-0.05, 0) is 89.5 Å². The van der Waals surface area contributed by atoms with Gasteiger partial charge in [-0.25, -0.2) is 26.4 Å². The fourth-order valence-electron chi connectivity index (χ4n) is 7.92. The lowest BCUT2D eigenvalue weighted by Crippen LogP contribution is -2.60. The zero-order valence-corrected chi connectivity index (χ0v) is 35.9. The third-order valence-corrected chi connectivity index (χ3v) is 14.4. The van der Waals surface area contributed by atoms with E-state index in [1.807, 2.05) is 43.7 Å². The Bertz CT molecular complexity index is 2130. The lowest BCUT2D eigenvalue weighted by Gasteiger charge is -2.35. The Balaban J connectivity index is 1.37. The molecular formula is C42H56F3N5O9S. The molecule has 1 aromatic heterocycles. The summed E-state index contributed by atoms with van der Waals surface area (Å²) in [4.78, 5) is 62.6. The number of allylic oxidation sites excluding steroid dienone is 1. The Hall–Kier alpha value is -4.61. The van der Waals surface area contributed by atoms with E-state index in [1.54, 1.807) is 31.2 Å². The average molecular weight is 864 g/mol. The van der Waals surface area contributed by atoms with Crippen molar-refractivity contribution >= 4 is 44.6 Å². The third kappa shape index (κ3) is 9.32.